The second-order valence-corrected chi connectivity index (χ2v) is 4.07. The number of aryl methyl sites for hydroxylation is 2. The SMILES string of the molecule is Cc1ccc(C)c(CN(C)CBr)c1. The molecule has 0 radical (unpaired) electrons. The Morgan fingerprint density at radius 2 is 2.00 bits per heavy atom. The summed E-state index contributed by atoms with van der Waals surface area (Å²) in [5, 5.41) is 0. The van der Waals surface area contributed by atoms with Crippen LogP contribution in [-0.4, -0.2) is 17.4 Å². The molecule has 0 atom stereocenters. The first-order valence-corrected chi connectivity index (χ1v) is 5.56. The van der Waals surface area contributed by atoms with Crippen LogP contribution < -0.4 is 0 Å². The lowest BCUT2D eigenvalue weighted by molar-refractivity contribution is 0.389. The van der Waals surface area contributed by atoms with Gasteiger partial charge in [0.1, 0.15) is 0 Å². The zero-order valence-electron chi connectivity index (χ0n) is 8.47. The molecule has 0 aliphatic rings. The Hall–Kier alpha value is -0.340. The largest absolute Gasteiger partial charge is 0.292 e. The van der Waals surface area contributed by atoms with E-state index < -0.39 is 0 Å². The van der Waals surface area contributed by atoms with Gasteiger partial charge in [0, 0.05) is 6.54 Å². The molecule has 1 aromatic carbocycles. The van der Waals surface area contributed by atoms with E-state index in [1.165, 1.54) is 16.7 Å². The smallest absolute Gasteiger partial charge is 0.0542 e. The average Bonchev–Trinajstić information content (AvgIpc) is 2.11. The maximum atomic E-state index is 3.44. The first-order chi connectivity index (χ1) is 6.13. The molecule has 13 heavy (non-hydrogen) atoms. The molecule has 1 nitrogen and oxygen atoms in total. The Morgan fingerprint density at radius 1 is 1.31 bits per heavy atom. The summed E-state index contributed by atoms with van der Waals surface area (Å²) in [7, 11) is 2.11. The van der Waals surface area contributed by atoms with Crippen LogP contribution in [-0.2, 0) is 6.54 Å². The molecule has 0 N–H and O–H groups in total. The summed E-state index contributed by atoms with van der Waals surface area (Å²) in [5.74, 6) is 0. The number of halogens is 1. The van der Waals surface area contributed by atoms with Crippen LogP contribution in [0.15, 0.2) is 18.2 Å². The van der Waals surface area contributed by atoms with Crippen molar-refractivity contribution in [2.75, 3.05) is 12.5 Å². The van der Waals surface area contributed by atoms with Gasteiger partial charge in [-0.15, -0.1) is 0 Å². The lowest BCUT2D eigenvalue weighted by atomic mass is 10.1. The van der Waals surface area contributed by atoms with E-state index in [1.54, 1.807) is 0 Å². The minimum absolute atomic E-state index is 0.917. The van der Waals surface area contributed by atoms with Gasteiger partial charge in [0.05, 0.1) is 5.45 Å². The molecule has 0 aromatic heterocycles. The van der Waals surface area contributed by atoms with E-state index in [-0.39, 0.29) is 0 Å². The summed E-state index contributed by atoms with van der Waals surface area (Å²) < 4.78 is 0. The van der Waals surface area contributed by atoms with Gasteiger partial charge in [0.2, 0.25) is 0 Å². The van der Waals surface area contributed by atoms with Crippen LogP contribution in [0.4, 0.5) is 0 Å². The Balaban J connectivity index is 2.81. The van der Waals surface area contributed by atoms with E-state index in [0.29, 0.717) is 0 Å². The van der Waals surface area contributed by atoms with E-state index in [9.17, 15) is 0 Å². The minimum atomic E-state index is 0.917. The van der Waals surface area contributed by atoms with Gasteiger partial charge in [-0.05, 0) is 32.0 Å². The van der Waals surface area contributed by atoms with Crippen molar-refractivity contribution in [2.24, 2.45) is 0 Å². The molecule has 0 saturated heterocycles. The van der Waals surface area contributed by atoms with Crippen LogP contribution in [0.2, 0.25) is 0 Å². The number of nitrogens with zero attached hydrogens (tertiary/aromatic N) is 1. The van der Waals surface area contributed by atoms with Crippen molar-refractivity contribution in [3.05, 3.63) is 34.9 Å². The molecule has 0 saturated carbocycles. The second kappa shape index (κ2) is 4.77. The third kappa shape index (κ3) is 3.12. The van der Waals surface area contributed by atoms with Crippen LogP contribution >= 0.6 is 15.9 Å². The summed E-state index contributed by atoms with van der Waals surface area (Å²) in [5.41, 5.74) is 5.05. The molecule has 72 valence electrons. The van der Waals surface area contributed by atoms with Crippen molar-refractivity contribution in [1.29, 1.82) is 0 Å². The van der Waals surface area contributed by atoms with Crippen molar-refractivity contribution in [3.8, 4) is 0 Å². The van der Waals surface area contributed by atoms with Crippen LogP contribution in [0.5, 0.6) is 0 Å². The Labute approximate surface area is 88.9 Å². The zero-order chi connectivity index (χ0) is 9.84. The summed E-state index contributed by atoms with van der Waals surface area (Å²) in [4.78, 5) is 2.24. The highest BCUT2D eigenvalue weighted by Gasteiger charge is 2.01. The molecule has 0 aliphatic heterocycles. The van der Waals surface area contributed by atoms with Crippen molar-refractivity contribution < 1.29 is 0 Å². The molecule has 0 fully saturated rings. The van der Waals surface area contributed by atoms with E-state index in [0.717, 1.165) is 12.0 Å². The van der Waals surface area contributed by atoms with E-state index in [4.69, 9.17) is 0 Å². The molecule has 0 heterocycles. The van der Waals surface area contributed by atoms with E-state index in [2.05, 4.69) is 59.9 Å². The topological polar surface area (TPSA) is 3.24 Å². The van der Waals surface area contributed by atoms with Gasteiger partial charge in [-0.2, -0.15) is 0 Å². The summed E-state index contributed by atoms with van der Waals surface area (Å²) in [6.45, 7) is 5.31. The zero-order valence-corrected chi connectivity index (χ0v) is 10.1. The third-order valence-corrected chi connectivity index (χ3v) is 3.01. The number of benzene rings is 1. The fourth-order valence-electron chi connectivity index (χ4n) is 1.30. The summed E-state index contributed by atoms with van der Waals surface area (Å²) >= 11 is 3.44. The van der Waals surface area contributed by atoms with Gasteiger partial charge < -0.3 is 0 Å². The van der Waals surface area contributed by atoms with E-state index >= 15 is 0 Å². The molecular weight excluding hydrogens is 226 g/mol. The van der Waals surface area contributed by atoms with Gasteiger partial charge in [0.15, 0.2) is 0 Å². The lowest BCUT2D eigenvalue weighted by Crippen LogP contribution is -2.15. The van der Waals surface area contributed by atoms with Gasteiger partial charge in [-0.1, -0.05) is 39.7 Å². The van der Waals surface area contributed by atoms with Crippen LogP contribution in [0.3, 0.4) is 0 Å². The van der Waals surface area contributed by atoms with Crippen LogP contribution in [0.25, 0.3) is 0 Å². The molecule has 0 unspecified atom stereocenters. The van der Waals surface area contributed by atoms with Crippen molar-refractivity contribution in [2.45, 2.75) is 20.4 Å². The number of alkyl halides is 1. The fourth-order valence-corrected chi connectivity index (χ4v) is 1.48. The van der Waals surface area contributed by atoms with Gasteiger partial charge >= 0.3 is 0 Å². The molecule has 1 aromatic rings. The summed E-state index contributed by atoms with van der Waals surface area (Å²) in [6, 6.07) is 6.61. The Bertz CT molecular complexity index is 283. The molecule has 2 heteroatoms. The normalized spacial score (nSPS) is 10.8. The summed E-state index contributed by atoms with van der Waals surface area (Å²) in [6.07, 6.45) is 0. The minimum Gasteiger partial charge on any atom is -0.292 e. The predicted molar refractivity (Wildman–Crippen MR) is 61.2 cm³/mol. The quantitative estimate of drug-likeness (QED) is 0.581. The maximum absolute atomic E-state index is 3.44. The molecule has 0 bridgehead atoms. The van der Waals surface area contributed by atoms with Crippen molar-refractivity contribution >= 4 is 15.9 Å². The molecular formula is C11H16BrN. The monoisotopic (exact) mass is 241 g/mol. The second-order valence-electron chi connectivity index (χ2n) is 3.56. The number of hydrogen-bond acceptors (Lipinski definition) is 1. The molecule has 0 spiro atoms. The van der Waals surface area contributed by atoms with Crippen molar-refractivity contribution in [3.63, 3.8) is 0 Å². The van der Waals surface area contributed by atoms with Crippen LogP contribution in [0.1, 0.15) is 16.7 Å². The van der Waals surface area contributed by atoms with Gasteiger partial charge in [-0.3, -0.25) is 4.90 Å². The Morgan fingerprint density at radius 3 is 2.62 bits per heavy atom. The first-order valence-electron chi connectivity index (χ1n) is 4.44. The first kappa shape index (κ1) is 10.7. The molecule has 1 rings (SSSR count). The lowest BCUT2D eigenvalue weighted by Gasteiger charge is -2.15. The maximum Gasteiger partial charge on any atom is 0.0542 e. The third-order valence-electron chi connectivity index (χ3n) is 2.15. The fraction of sp³-hybridized carbons (Fsp3) is 0.455. The van der Waals surface area contributed by atoms with Crippen LogP contribution in [0, 0.1) is 13.8 Å². The highest BCUT2D eigenvalue weighted by atomic mass is 79.9. The average molecular weight is 242 g/mol. The van der Waals surface area contributed by atoms with Gasteiger partial charge in [0.25, 0.3) is 0 Å². The van der Waals surface area contributed by atoms with Gasteiger partial charge in [-0.25, -0.2) is 0 Å². The molecule has 0 aliphatic carbocycles. The van der Waals surface area contributed by atoms with Crippen molar-refractivity contribution in [1.82, 2.24) is 4.90 Å². The highest BCUT2D eigenvalue weighted by molar-refractivity contribution is 9.09. The van der Waals surface area contributed by atoms with E-state index in [1.807, 2.05) is 0 Å². The molecule has 0 amide bonds. The standard InChI is InChI=1S/C11H16BrN/c1-9-4-5-10(2)11(6-9)7-13(3)8-12/h4-6H,7-8H2,1-3H3. The number of hydrogen-bond donors (Lipinski definition) is 0. The predicted octanol–water partition coefficient (Wildman–Crippen LogP) is 3.09. The Kier molecular flexibility index (Phi) is 3.94. The number of rotatable bonds is 3. The highest BCUT2D eigenvalue weighted by Crippen LogP contribution is 2.12.